The van der Waals surface area contributed by atoms with Crippen LogP contribution >= 0.6 is 0 Å². The van der Waals surface area contributed by atoms with Gasteiger partial charge in [0.25, 0.3) is 0 Å². The molecule has 1 aliphatic heterocycles. The number of aliphatic hydroxyl groups excluding tert-OH is 1. The van der Waals surface area contributed by atoms with Crippen molar-refractivity contribution >= 4 is 5.97 Å². The van der Waals surface area contributed by atoms with Gasteiger partial charge in [0.15, 0.2) is 0 Å². The van der Waals surface area contributed by atoms with Crippen LogP contribution in [0, 0.1) is 0 Å². The number of unbranched alkanes of at least 4 members (excludes halogenated alkanes) is 2. The maximum absolute atomic E-state index is 10.9. The quantitative estimate of drug-likeness (QED) is 0.383. The van der Waals surface area contributed by atoms with E-state index in [1.54, 1.807) is 0 Å². The number of carbonyl (C=O) groups excluding carboxylic acids is 1. The topological polar surface area (TPSA) is 46.5 Å². The fourth-order valence-corrected chi connectivity index (χ4v) is 2.15. The smallest absolute Gasteiger partial charge is 0.306 e. The van der Waals surface area contributed by atoms with E-state index in [0.29, 0.717) is 13.0 Å². The molecule has 1 atom stereocenters. The van der Waals surface area contributed by atoms with Crippen molar-refractivity contribution in [2.45, 2.75) is 63.9 Å². The highest BCUT2D eigenvalue weighted by Gasteiger charge is 2.22. The Hall–Kier alpha value is -0.830. The number of rotatable bonds is 9. The molecule has 1 fully saturated rings. The fourth-order valence-electron chi connectivity index (χ4n) is 2.15. The Balaban J connectivity index is 1.95. The zero-order valence-corrected chi connectivity index (χ0v) is 10.6. The second-order valence-corrected chi connectivity index (χ2v) is 4.83. The SMILES string of the molecule is C=C(CCCCCO)CCCC1CCC(=O)O1. The fraction of sp³-hybridized carbons (Fsp3) is 0.786. The molecule has 1 unspecified atom stereocenters. The Morgan fingerprint density at radius 1 is 1.29 bits per heavy atom. The summed E-state index contributed by atoms with van der Waals surface area (Å²) in [6, 6.07) is 0. The lowest BCUT2D eigenvalue weighted by Crippen LogP contribution is -2.06. The molecule has 0 aliphatic carbocycles. The zero-order chi connectivity index (χ0) is 12.5. The van der Waals surface area contributed by atoms with Crippen molar-refractivity contribution in [3.05, 3.63) is 12.2 Å². The lowest BCUT2D eigenvalue weighted by molar-refractivity contribution is -0.141. The van der Waals surface area contributed by atoms with Crippen LogP contribution < -0.4 is 0 Å². The van der Waals surface area contributed by atoms with Gasteiger partial charge in [-0.2, -0.15) is 0 Å². The molecule has 1 saturated heterocycles. The highest BCUT2D eigenvalue weighted by molar-refractivity contribution is 5.71. The molecule has 0 aromatic heterocycles. The van der Waals surface area contributed by atoms with Crippen LogP contribution in [0.3, 0.4) is 0 Å². The van der Waals surface area contributed by atoms with Crippen molar-refractivity contribution in [2.75, 3.05) is 6.61 Å². The molecular formula is C14H24O3. The standard InChI is InChI=1S/C14H24O3/c1-12(6-3-2-4-11-15)7-5-8-13-9-10-14(16)17-13/h13,15H,1-11H2. The third-order valence-electron chi connectivity index (χ3n) is 3.21. The molecule has 0 saturated carbocycles. The van der Waals surface area contributed by atoms with E-state index in [9.17, 15) is 4.79 Å². The first-order valence-electron chi connectivity index (χ1n) is 6.69. The number of aliphatic hydroxyl groups is 1. The number of allylic oxidation sites excluding steroid dienone is 1. The summed E-state index contributed by atoms with van der Waals surface area (Å²) in [7, 11) is 0. The number of cyclic esters (lactones) is 1. The molecule has 1 aliphatic rings. The Labute approximate surface area is 104 Å². The Morgan fingerprint density at radius 2 is 2.06 bits per heavy atom. The average Bonchev–Trinajstić information content (AvgIpc) is 2.71. The van der Waals surface area contributed by atoms with Gasteiger partial charge in [0.1, 0.15) is 6.10 Å². The van der Waals surface area contributed by atoms with E-state index in [4.69, 9.17) is 9.84 Å². The number of carbonyl (C=O) groups is 1. The lowest BCUT2D eigenvalue weighted by Gasteiger charge is -2.09. The first-order valence-corrected chi connectivity index (χ1v) is 6.69. The van der Waals surface area contributed by atoms with Crippen LogP contribution in [0.1, 0.15) is 57.8 Å². The van der Waals surface area contributed by atoms with E-state index in [1.165, 1.54) is 5.57 Å². The molecule has 0 radical (unpaired) electrons. The van der Waals surface area contributed by atoms with Crippen LogP contribution in [0.4, 0.5) is 0 Å². The van der Waals surface area contributed by atoms with Gasteiger partial charge in [-0.25, -0.2) is 0 Å². The van der Waals surface area contributed by atoms with E-state index in [-0.39, 0.29) is 12.1 Å². The zero-order valence-electron chi connectivity index (χ0n) is 10.6. The van der Waals surface area contributed by atoms with Crippen molar-refractivity contribution in [2.24, 2.45) is 0 Å². The molecule has 17 heavy (non-hydrogen) atoms. The largest absolute Gasteiger partial charge is 0.462 e. The highest BCUT2D eigenvalue weighted by Crippen LogP contribution is 2.21. The second kappa shape index (κ2) is 8.29. The Bertz CT molecular complexity index is 248. The Morgan fingerprint density at radius 3 is 2.71 bits per heavy atom. The molecule has 0 aromatic carbocycles. The molecule has 98 valence electrons. The number of ether oxygens (including phenoxy) is 1. The maximum Gasteiger partial charge on any atom is 0.306 e. The minimum absolute atomic E-state index is 0.0437. The van der Waals surface area contributed by atoms with Crippen molar-refractivity contribution < 1.29 is 14.6 Å². The monoisotopic (exact) mass is 240 g/mol. The molecule has 3 nitrogen and oxygen atoms in total. The minimum atomic E-state index is -0.0437. The predicted octanol–water partition coefficient (Wildman–Crippen LogP) is 2.97. The third kappa shape index (κ3) is 6.47. The van der Waals surface area contributed by atoms with Gasteiger partial charge in [-0.05, 0) is 44.9 Å². The van der Waals surface area contributed by atoms with E-state index in [1.807, 2.05) is 0 Å². The van der Waals surface area contributed by atoms with Gasteiger partial charge in [0, 0.05) is 13.0 Å². The summed E-state index contributed by atoms with van der Waals surface area (Å²) < 4.78 is 5.16. The summed E-state index contributed by atoms with van der Waals surface area (Å²) in [6.07, 6.45) is 8.87. The predicted molar refractivity (Wildman–Crippen MR) is 67.7 cm³/mol. The molecular weight excluding hydrogens is 216 g/mol. The van der Waals surface area contributed by atoms with Gasteiger partial charge in [0.2, 0.25) is 0 Å². The molecule has 0 amide bonds. The van der Waals surface area contributed by atoms with E-state index < -0.39 is 0 Å². The third-order valence-corrected chi connectivity index (χ3v) is 3.21. The van der Waals surface area contributed by atoms with E-state index >= 15 is 0 Å². The van der Waals surface area contributed by atoms with Crippen molar-refractivity contribution in [3.8, 4) is 0 Å². The summed E-state index contributed by atoms with van der Waals surface area (Å²) in [5.74, 6) is -0.0437. The van der Waals surface area contributed by atoms with Crippen molar-refractivity contribution in [3.63, 3.8) is 0 Å². The van der Waals surface area contributed by atoms with Crippen molar-refractivity contribution in [1.29, 1.82) is 0 Å². The summed E-state index contributed by atoms with van der Waals surface area (Å²) in [5, 5.41) is 8.65. The first kappa shape index (κ1) is 14.2. The Kier molecular flexibility index (Phi) is 6.94. The van der Waals surface area contributed by atoms with Gasteiger partial charge in [-0.15, -0.1) is 0 Å². The van der Waals surface area contributed by atoms with Gasteiger partial charge in [-0.3, -0.25) is 4.79 Å². The molecule has 1 rings (SSSR count). The number of hydrogen-bond acceptors (Lipinski definition) is 3. The van der Waals surface area contributed by atoms with Crippen molar-refractivity contribution in [1.82, 2.24) is 0 Å². The summed E-state index contributed by atoms with van der Waals surface area (Å²) in [4.78, 5) is 10.9. The maximum atomic E-state index is 10.9. The number of esters is 1. The second-order valence-electron chi connectivity index (χ2n) is 4.83. The molecule has 0 bridgehead atoms. The first-order chi connectivity index (χ1) is 8.22. The lowest BCUT2D eigenvalue weighted by atomic mass is 10.0. The van der Waals surface area contributed by atoms with Crippen LogP contribution in [0.2, 0.25) is 0 Å². The van der Waals surface area contributed by atoms with Gasteiger partial charge < -0.3 is 9.84 Å². The molecule has 3 heteroatoms. The van der Waals surface area contributed by atoms with E-state index in [0.717, 1.165) is 51.4 Å². The van der Waals surface area contributed by atoms with Crippen LogP contribution in [-0.4, -0.2) is 23.8 Å². The molecule has 1 heterocycles. The highest BCUT2D eigenvalue weighted by atomic mass is 16.5. The van der Waals surface area contributed by atoms with Crippen LogP contribution in [0.5, 0.6) is 0 Å². The summed E-state index contributed by atoms with van der Waals surface area (Å²) in [6.45, 7) is 4.35. The number of hydrogen-bond donors (Lipinski definition) is 1. The van der Waals surface area contributed by atoms with Gasteiger partial charge >= 0.3 is 5.97 Å². The van der Waals surface area contributed by atoms with Crippen LogP contribution in [0.25, 0.3) is 0 Å². The van der Waals surface area contributed by atoms with Crippen LogP contribution in [-0.2, 0) is 9.53 Å². The summed E-state index contributed by atoms with van der Waals surface area (Å²) in [5.41, 5.74) is 1.28. The average molecular weight is 240 g/mol. The van der Waals surface area contributed by atoms with E-state index in [2.05, 4.69) is 6.58 Å². The van der Waals surface area contributed by atoms with Gasteiger partial charge in [0.05, 0.1) is 0 Å². The van der Waals surface area contributed by atoms with Gasteiger partial charge in [-0.1, -0.05) is 18.6 Å². The molecule has 0 aromatic rings. The van der Waals surface area contributed by atoms with Crippen LogP contribution in [0.15, 0.2) is 12.2 Å². The minimum Gasteiger partial charge on any atom is -0.462 e. The normalized spacial score (nSPS) is 19.4. The molecule has 1 N–H and O–H groups in total. The molecule has 0 spiro atoms. The summed E-state index contributed by atoms with van der Waals surface area (Å²) >= 11 is 0.